The second-order valence-electron chi connectivity index (χ2n) is 2.58. The van der Waals surface area contributed by atoms with Crippen LogP contribution < -0.4 is 11.1 Å². The lowest BCUT2D eigenvalue weighted by atomic mass is 9.98. The van der Waals surface area contributed by atoms with Gasteiger partial charge in [0.1, 0.15) is 0 Å². The predicted octanol–water partition coefficient (Wildman–Crippen LogP) is -0.364. The lowest BCUT2D eigenvalue weighted by Gasteiger charge is -2.22. The molecule has 3 N–H and O–H groups in total. The van der Waals surface area contributed by atoms with Gasteiger partial charge in [-0.1, -0.05) is 19.1 Å². The first-order valence-electron chi connectivity index (χ1n) is 3.41. The fourth-order valence-corrected chi connectivity index (χ4v) is 1.13. The third kappa shape index (κ3) is 1.36. The van der Waals surface area contributed by atoms with Crippen molar-refractivity contribution in [2.45, 2.75) is 13.0 Å². The second-order valence-corrected chi connectivity index (χ2v) is 2.58. The quantitative estimate of drug-likeness (QED) is 0.488. The smallest absolute Gasteiger partial charge is 0.235 e. The molecule has 0 bridgehead atoms. The average Bonchev–Trinajstić information content (AvgIpc) is 1.88. The molecule has 1 amide bonds. The topological polar surface area (TPSA) is 55.1 Å². The Morgan fingerprint density at radius 3 is 2.90 bits per heavy atom. The van der Waals surface area contributed by atoms with Gasteiger partial charge in [0, 0.05) is 6.54 Å². The maximum atomic E-state index is 10.7. The summed E-state index contributed by atoms with van der Waals surface area (Å²) in [6, 6.07) is -0.176. The van der Waals surface area contributed by atoms with E-state index in [1.54, 1.807) is 0 Å². The lowest BCUT2D eigenvalue weighted by molar-refractivity contribution is -0.120. The number of carbonyl (C=O) groups excluding carboxylic acids is 1. The Bertz CT molecular complexity index is 165. The summed E-state index contributed by atoms with van der Waals surface area (Å²) in [5.41, 5.74) is 5.12. The van der Waals surface area contributed by atoms with E-state index in [-0.39, 0.29) is 17.9 Å². The minimum atomic E-state index is -0.267. The van der Waals surface area contributed by atoms with Crippen LogP contribution in [0.15, 0.2) is 12.2 Å². The number of hydrogen-bond donors (Lipinski definition) is 2. The van der Waals surface area contributed by atoms with Crippen molar-refractivity contribution in [1.82, 2.24) is 5.32 Å². The van der Waals surface area contributed by atoms with Crippen LogP contribution >= 0.6 is 0 Å². The van der Waals surface area contributed by atoms with Gasteiger partial charge in [-0.3, -0.25) is 4.79 Å². The summed E-state index contributed by atoms with van der Waals surface area (Å²) in [4.78, 5) is 10.7. The van der Waals surface area contributed by atoms with E-state index in [4.69, 9.17) is 5.73 Å². The zero-order valence-corrected chi connectivity index (χ0v) is 6.00. The van der Waals surface area contributed by atoms with E-state index >= 15 is 0 Å². The van der Waals surface area contributed by atoms with E-state index in [1.807, 2.05) is 19.1 Å². The maximum Gasteiger partial charge on any atom is 0.235 e. The van der Waals surface area contributed by atoms with Gasteiger partial charge >= 0.3 is 0 Å². The summed E-state index contributed by atoms with van der Waals surface area (Å²) in [6.45, 7) is 2.72. The third-order valence-corrected chi connectivity index (χ3v) is 1.73. The van der Waals surface area contributed by atoms with Crippen LogP contribution in [-0.4, -0.2) is 18.5 Å². The highest BCUT2D eigenvalue weighted by atomic mass is 16.1. The van der Waals surface area contributed by atoms with Crippen LogP contribution in [-0.2, 0) is 4.79 Å². The number of primary amides is 1. The van der Waals surface area contributed by atoms with Crippen LogP contribution in [0.2, 0.25) is 0 Å². The third-order valence-electron chi connectivity index (χ3n) is 1.73. The largest absolute Gasteiger partial charge is 0.368 e. The van der Waals surface area contributed by atoms with E-state index in [2.05, 4.69) is 5.32 Å². The monoisotopic (exact) mass is 140 g/mol. The molecule has 1 aliphatic heterocycles. The van der Waals surface area contributed by atoms with Gasteiger partial charge in [-0.15, -0.1) is 0 Å². The Morgan fingerprint density at radius 2 is 2.50 bits per heavy atom. The first-order valence-corrected chi connectivity index (χ1v) is 3.41. The highest BCUT2D eigenvalue weighted by Crippen LogP contribution is 2.07. The molecule has 0 saturated carbocycles. The van der Waals surface area contributed by atoms with Crippen LogP contribution in [0.5, 0.6) is 0 Å². The summed E-state index contributed by atoms with van der Waals surface area (Å²) in [5.74, 6) is -0.0388. The van der Waals surface area contributed by atoms with E-state index in [1.165, 1.54) is 0 Å². The normalized spacial score (nSPS) is 32.1. The molecule has 56 valence electrons. The number of rotatable bonds is 1. The zero-order chi connectivity index (χ0) is 7.56. The molecule has 0 aromatic heterocycles. The Hall–Kier alpha value is -0.830. The summed E-state index contributed by atoms with van der Waals surface area (Å²) in [6.07, 6.45) is 4.01. The van der Waals surface area contributed by atoms with Gasteiger partial charge in [0.15, 0.2) is 0 Å². The highest BCUT2D eigenvalue weighted by molar-refractivity contribution is 5.80. The SMILES string of the molecule is CC1C=CCNC1C(N)=O. The van der Waals surface area contributed by atoms with Crippen LogP contribution in [0.1, 0.15) is 6.92 Å². The lowest BCUT2D eigenvalue weighted by Crippen LogP contribution is -2.47. The van der Waals surface area contributed by atoms with Gasteiger partial charge in [-0.05, 0) is 5.92 Å². The van der Waals surface area contributed by atoms with Crippen molar-refractivity contribution < 1.29 is 4.79 Å². The Labute approximate surface area is 60.3 Å². The van der Waals surface area contributed by atoms with Crippen molar-refractivity contribution in [3.8, 4) is 0 Å². The van der Waals surface area contributed by atoms with Gasteiger partial charge in [-0.2, -0.15) is 0 Å². The zero-order valence-electron chi connectivity index (χ0n) is 6.00. The molecular weight excluding hydrogens is 128 g/mol. The molecule has 0 saturated heterocycles. The molecular formula is C7H12N2O. The molecule has 1 rings (SSSR count). The van der Waals surface area contributed by atoms with Crippen molar-refractivity contribution in [2.75, 3.05) is 6.54 Å². The van der Waals surface area contributed by atoms with E-state index in [0.29, 0.717) is 0 Å². The molecule has 10 heavy (non-hydrogen) atoms. The van der Waals surface area contributed by atoms with Gasteiger partial charge in [0.05, 0.1) is 6.04 Å². The van der Waals surface area contributed by atoms with E-state index < -0.39 is 0 Å². The molecule has 0 radical (unpaired) electrons. The van der Waals surface area contributed by atoms with Gasteiger partial charge in [0.2, 0.25) is 5.91 Å². The molecule has 3 nitrogen and oxygen atoms in total. The number of nitrogens with two attached hydrogens (primary N) is 1. The molecule has 0 aromatic carbocycles. The maximum absolute atomic E-state index is 10.7. The minimum absolute atomic E-state index is 0.176. The van der Waals surface area contributed by atoms with Crippen LogP contribution in [0.25, 0.3) is 0 Å². The first kappa shape index (κ1) is 7.28. The van der Waals surface area contributed by atoms with Crippen molar-refractivity contribution in [2.24, 2.45) is 11.7 Å². The molecule has 0 aliphatic carbocycles. The summed E-state index contributed by atoms with van der Waals surface area (Å²) >= 11 is 0. The number of nitrogens with one attached hydrogen (secondary N) is 1. The Balaban J connectivity index is 2.60. The minimum Gasteiger partial charge on any atom is -0.368 e. The molecule has 2 unspecified atom stereocenters. The summed E-state index contributed by atoms with van der Waals surface area (Å²) in [7, 11) is 0. The molecule has 1 aliphatic rings. The van der Waals surface area contributed by atoms with Gasteiger partial charge < -0.3 is 11.1 Å². The molecule has 2 atom stereocenters. The average molecular weight is 140 g/mol. The highest BCUT2D eigenvalue weighted by Gasteiger charge is 2.21. The fraction of sp³-hybridized carbons (Fsp3) is 0.571. The van der Waals surface area contributed by atoms with E-state index in [0.717, 1.165) is 6.54 Å². The van der Waals surface area contributed by atoms with Crippen molar-refractivity contribution >= 4 is 5.91 Å². The summed E-state index contributed by atoms with van der Waals surface area (Å²) < 4.78 is 0. The van der Waals surface area contributed by atoms with Crippen LogP contribution in [0.4, 0.5) is 0 Å². The second kappa shape index (κ2) is 2.84. The molecule has 0 aromatic rings. The molecule has 0 fully saturated rings. The standard InChI is InChI=1S/C7H12N2O/c1-5-3-2-4-9-6(5)7(8)10/h2-3,5-6,9H,4H2,1H3,(H2,8,10). The predicted molar refractivity (Wildman–Crippen MR) is 39.3 cm³/mol. The fourth-order valence-electron chi connectivity index (χ4n) is 1.13. The van der Waals surface area contributed by atoms with Crippen molar-refractivity contribution in [1.29, 1.82) is 0 Å². The van der Waals surface area contributed by atoms with Gasteiger partial charge in [0.25, 0.3) is 0 Å². The summed E-state index contributed by atoms with van der Waals surface area (Å²) in [5, 5.41) is 3.01. The van der Waals surface area contributed by atoms with E-state index in [9.17, 15) is 4.79 Å². The van der Waals surface area contributed by atoms with Crippen molar-refractivity contribution in [3.63, 3.8) is 0 Å². The van der Waals surface area contributed by atoms with Crippen molar-refractivity contribution in [3.05, 3.63) is 12.2 Å². The van der Waals surface area contributed by atoms with Crippen LogP contribution in [0, 0.1) is 5.92 Å². The Morgan fingerprint density at radius 1 is 1.80 bits per heavy atom. The molecule has 0 spiro atoms. The number of hydrogen-bond acceptors (Lipinski definition) is 2. The van der Waals surface area contributed by atoms with Gasteiger partial charge in [-0.25, -0.2) is 0 Å². The molecule has 3 heteroatoms. The number of carbonyl (C=O) groups is 1. The Kier molecular flexibility index (Phi) is 2.06. The first-order chi connectivity index (χ1) is 4.72. The molecule has 1 heterocycles. The number of amides is 1. The van der Waals surface area contributed by atoms with Crippen LogP contribution in [0.3, 0.4) is 0 Å².